The van der Waals surface area contributed by atoms with Crippen molar-refractivity contribution in [2.45, 2.75) is 39.2 Å². The van der Waals surface area contributed by atoms with Crippen LogP contribution in [0.25, 0.3) is 0 Å². The molecule has 0 aromatic heterocycles. The number of aliphatic hydroxyl groups is 1. The molecule has 0 radical (unpaired) electrons. The van der Waals surface area contributed by atoms with Crippen molar-refractivity contribution in [3.8, 4) is 0 Å². The fraction of sp³-hybridized carbons (Fsp3) is 0.900. The van der Waals surface area contributed by atoms with E-state index in [9.17, 15) is 4.79 Å². The van der Waals surface area contributed by atoms with Crippen molar-refractivity contribution in [3.05, 3.63) is 0 Å². The molecule has 4 heteroatoms. The van der Waals surface area contributed by atoms with Crippen LogP contribution in [0.4, 0.5) is 0 Å². The first-order valence-corrected chi connectivity index (χ1v) is 5.21. The summed E-state index contributed by atoms with van der Waals surface area (Å²) in [5.74, 6) is 0.335. The van der Waals surface area contributed by atoms with Gasteiger partial charge in [-0.15, -0.1) is 0 Å². The van der Waals surface area contributed by atoms with Crippen LogP contribution >= 0.6 is 0 Å². The first-order chi connectivity index (χ1) is 6.57. The molecule has 1 unspecified atom stereocenters. The second-order valence-corrected chi connectivity index (χ2v) is 3.89. The van der Waals surface area contributed by atoms with Crippen LogP contribution in [0.1, 0.15) is 33.1 Å². The van der Waals surface area contributed by atoms with Gasteiger partial charge in [0.25, 0.3) is 0 Å². The first kappa shape index (κ1) is 13.4. The largest absolute Gasteiger partial charge is 0.396 e. The highest BCUT2D eigenvalue weighted by Crippen LogP contribution is 2.02. The second kappa shape index (κ2) is 7.76. The number of nitrogens with two attached hydrogens (primary N) is 1. The van der Waals surface area contributed by atoms with Crippen molar-refractivity contribution in [1.82, 2.24) is 5.32 Å². The fourth-order valence-electron chi connectivity index (χ4n) is 0.987. The maximum Gasteiger partial charge on any atom is 0.221 e. The van der Waals surface area contributed by atoms with Gasteiger partial charge >= 0.3 is 0 Å². The summed E-state index contributed by atoms with van der Waals surface area (Å²) >= 11 is 0. The van der Waals surface area contributed by atoms with Gasteiger partial charge in [-0.3, -0.25) is 4.79 Å². The van der Waals surface area contributed by atoms with Crippen molar-refractivity contribution >= 4 is 5.91 Å². The molecule has 0 aliphatic carbocycles. The smallest absolute Gasteiger partial charge is 0.221 e. The van der Waals surface area contributed by atoms with Crippen molar-refractivity contribution in [2.75, 3.05) is 13.2 Å². The Kier molecular flexibility index (Phi) is 7.42. The normalized spacial score (nSPS) is 12.9. The third kappa shape index (κ3) is 6.86. The lowest BCUT2D eigenvalue weighted by Crippen LogP contribution is -2.35. The zero-order chi connectivity index (χ0) is 11.0. The third-order valence-electron chi connectivity index (χ3n) is 2.18. The standard InChI is InChI=1S/C10H22N2O2/c1-8(2)9(11)7-10(14)12-5-3-4-6-13/h8-9,13H,3-7,11H2,1-2H3,(H,12,14). The number of unbranched alkanes of at least 4 members (excludes halogenated alkanes) is 1. The Hall–Kier alpha value is -0.610. The number of rotatable bonds is 7. The van der Waals surface area contributed by atoms with Gasteiger partial charge in [0.1, 0.15) is 0 Å². The highest BCUT2D eigenvalue weighted by Gasteiger charge is 2.11. The van der Waals surface area contributed by atoms with Crippen molar-refractivity contribution in [1.29, 1.82) is 0 Å². The fourth-order valence-corrected chi connectivity index (χ4v) is 0.987. The van der Waals surface area contributed by atoms with Crippen LogP contribution in [0.5, 0.6) is 0 Å². The highest BCUT2D eigenvalue weighted by atomic mass is 16.2. The number of carbonyl (C=O) groups is 1. The Balaban J connectivity index is 3.45. The van der Waals surface area contributed by atoms with E-state index in [2.05, 4.69) is 5.32 Å². The third-order valence-corrected chi connectivity index (χ3v) is 2.18. The number of carbonyl (C=O) groups excluding carboxylic acids is 1. The minimum absolute atomic E-state index is 0.00383. The Labute approximate surface area is 85.9 Å². The van der Waals surface area contributed by atoms with Crippen LogP contribution in [0.15, 0.2) is 0 Å². The van der Waals surface area contributed by atoms with Gasteiger partial charge < -0.3 is 16.2 Å². The maximum atomic E-state index is 11.3. The van der Waals surface area contributed by atoms with E-state index in [1.54, 1.807) is 0 Å². The first-order valence-electron chi connectivity index (χ1n) is 5.21. The van der Waals surface area contributed by atoms with E-state index in [0.29, 0.717) is 18.9 Å². The number of amides is 1. The Bertz CT molecular complexity index is 160. The molecule has 0 aromatic carbocycles. The van der Waals surface area contributed by atoms with Gasteiger partial charge in [-0.1, -0.05) is 13.8 Å². The molecule has 0 bridgehead atoms. The summed E-state index contributed by atoms with van der Waals surface area (Å²) in [6.45, 7) is 4.82. The predicted molar refractivity (Wildman–Crippen MR) is 56.8 cm³/mol. The van der Waals surface area contributed by atoms with Crippen LogP contribution < -0.4 is 11.1 Å². The number of aliphatic hydroxyl groups excluding tert-OH is 1. The minimum atomic E-state index is -0.0622. The van der Waals surface area contributed by atoms with Gasteiger partial charge in [-0.2, -0.15) is 0 Å². The van der Waals surface area contributed by atoms with Crippen molar-refractivity contribution in [2.24, 2.45) is 11.7 Å². The Morgan fingerprint density at radius 2 is 2.07 bits per heavy atom. The Morgan fingerprint density at radius 3 is 2.57 bits per heavy atom. The van der Waals surface area contributed by atoms with E-state index >= 15 is 0 Å². The minimum Gasteiger partial charge on any atom is -0.396 e. The molecule has 84 valence electrons. The topological polar surface area (TPSA) is 75.4 Å². The zero-order valence-corrected chi connectivity index (χ0v) is 9.12. The molecule has 4 N–H and O–H groups in total. The molecule has 0 saturated carbocycles. The summed E-state index contributed by atoms with van der Waals surface area (Å²) in [7, 11) is 0. The van der Waals surface area contributed by atoms with E-state index in [-0.39, 0.29) is 18.6 Å². The number of hydrogen-bond donors (Lipinski definition) is 3. The molecule has 14 heavy (non-hydrogen) atoms. The molecular weight excluding hydrogens is 180 g/mol. The van der Waals surface area contributed by atoms with Crippen LogP contribution in [-0.2, 0) is 4.79 Å². The molecule has 1 amide bonds. The quantitative estimate of drug-likeness (QED) is 0.518. The molecule has 0 fully saturated rings. The van der Waals surface area contributed by atoms with Gasteiger partial charge in [0.05, 0.1) is 0 Å². The molecule has 1 atom stereocenters. The predicted octanol–water partition coefficient (Wildman–Crippen LogP) is 0.248. The summed E-state index contributed by atoms with van der Waals surface area (Å²) < 4.78 is 0. The lowest BCUT2D eigenvalue weighted by molar-refractivity contribution is -0.121. The van der Waals surface area contributed by atoms with Crippen LogP contribution in [0.2, 0.25) is 0 Å². The highest BCUT2D eigenvalue weighted by molar-refractivity contribution is 5.76. The maximum absolute atomic E-state index is 11.3. The van der Waals surface area contributed by atoms with E-state index in [1.165, 1.54) is 0 Å². The van der Waals surface area contributed by atoms with Gasteiger partial charge in [0, 0.05) is 25.6 Å². The molecule has 0 aromatic rings. The molecule has 0 saturated heterocycles. The number of hydrogen-bond acceptors (Lipinski definition) is 3. The monoisotopic (exact) mass is 202 g/mol. The lowest BCUT2D eigenvalue weighted by Gasteiger charge is -2.14. The van der Waals surface area contributed by atoms with E-state index < -0.39 is 0 Å². The average molecular weight is 202 g/mol. The molecule has 0 aliphatic heterocycles. The van der Waals surface area contributed by atoms with Crippen LogP contribution in [-0.4, -0.2) is 30.2 Å². The molecule has 0 spiro atoms. The summed E-state index contributed by atoms with van der Waals surface area (Å²) in [6.07, 6.45) is 1.94. The van der Waals surface area contributed by atoms with Crippen LogP contribution in [0, 0.1) is 5.92 Å². The molecule has 0 heterocycles. The summed E-state index contributed by atoms with van der Waals surface area (Å²) in [6, 6.07) is -0.0622. The summed E-state index contributed by atoms with van der Waals surface area (Å²) in [4.78, 5) is 11.3. The molecule has 0 rings (SSSR count). The van der Waals surface area contributed by atoms with Gasteiger partial charge in [0.2, 0.25) is 5.91 Å². The second-order valence-electron chi connectivity index (χ2n) is 3.89. The summed E-state index contributed by atoms with van der Waals surface area (Å²) in [5.41, 5.74) is 5.75. The molecular formula is C10H22N2O2. The molecule has 0 aliphatic rings. The SMILES string of the molecule is CC(C)C(N)CC(=O)NCCCCO. The van der Waals surface area contributed by atoms with Crippen molar-refractivity contribution in [3.63, 3.8) is 0 Å². The van der Waals surface area contributed by atoms with Gasteiger partial charge in [-0.05, 0) is 18.8 Å². The zero-order valence-electron chi connectivity index (χ0n) is 9.12. The van der Waals surface area contributed by atoms with Gasteiger partial charge in [-0.25, -0.2) is 0 Å². The number of nitrogens with one attached hydrogen (secondary N) is 1. The van der Waals surface area contributed by atoms with Crippen LogP contribution in [0.3, 0.4) is 0 Å². The van der Waals surface area contributed by atoms with E-state index in [4.69, 9.17) is 10.8 Å². The van der Waals surface area contributed by atoms with Crippen molar-refractivity contribution < 1.29 is 9.90 Å². The summed E-state index contributed by atoms with van der Waals surface area (Å²) in [5, 5.41) is 11.3. The van der Waals surface area contributed by atoms with E-state index in [1.807, 2.05) is 13.8 Å². The lowest BCUT2D eigenvalue weighted by atomic mass is 10.0. The average Bonchev–Trinajstić information content (AvgIpc) is 2.12. The Morgan fingerprint density at radius 1 is 1.43 bits per heavy atom. The van der Waals surface area contributed by atoms with E-state index in [0.717, 1.165) is 12.8 Å². The van der Waals surface area contributed by atoms with Gasteiger partial charge in [0.15, 0.2) is 0 Å². The molecule has 4 nitrogen and oxygen atoms in total.